The molecule has 5 rings (SSSR count). The summed E-state index contributed by atoms with van der Waals surface area (Å²) >= 11 is 0. The number of imidazole rings is 2. The van der Waals surface area contributed by atoms with E-state index in [9.17, 15) is 0 Å². The molecule has 1 fully saturated rings. The van der Waals surface area contributed by atoms with Crippen molar-refractivity contribution >= 4 is 16.8 Å². The van der Waals surface area contributed by atoms with Crippen LogP contribution in [0.3, 0.4) is 0 Å². The van der Waals surface area contributed by atoms with Gasteiger partial charge in [-0.05, 0) is 36.4 Å². The van der Waals surface area contributed by atoms with E-state index in [1.165, 1.54) is 37.4 Å². The summed E-state index contributed by atoms with van der Waals surface area (Å²) in [6.07, 6.45) is 2.23. The molecule has 2 aromatic carbocycles. The zero-order valence-electron chi connectivity index (χ0n) is 17.2. The molecule has 3 heterocycles. The van der Waals surface area contributed by atoms with Gasteiger partial charge in [-0.15, -0.1) is 0 Å². The van der Waals surface area contributed by atoms with Crippen LogP contribution in [-0.4, -0.2) is 60.8 Å². The third-order valence-corrected chi connectivity index (χ3v) is 6.25. The Hall–Kier alpha value is -2.83. The molecule has 4 aromatic rings. The average Bonchev–Trinajstić information content (AvgIpc) is 3.30. The normalized spacial score (nSPS) is 19.8. The summed E-state index contributed by atoms with van der Waals surface area (Å²) in [5.74, 6) is 1.91. The number of hydrogen-bond donors (Lipinski definition) is 2. The Morgan fingerprint density at radius 2 is 1.76 bits per heavy atom. The van der Waals surface area contributed by atoms with Gasteiger partial charge in [0, 0.05) is 11.8 Å². The maximum absolute atomic E-state index is 5.34. The largest absolute Gasteiger partial charge is 0.497 e. The van der Waals surface area contributed by atoms with E-state index >= 15 is 0 Å². The van der Waals surface area contributed by atoms with Gasteiger partial charge in [0.25, 0.3) is 0 Å². The smallest absolute Gasteiger partial charge is 0.215 e. The molecule has 2 aromatic heterocycles. The number of methoxy groups -OCH3 is 1. The SMILES string of the molecule is COc1ccc(-c2cn3c4ccccc4nc3n2CC[NH+]2CC[NH+](C)CC2)cc1. The Kier molecular flexibility index (Phi) is 4.73. The van der Waals surface area contributed by atoms with E-state index in [-0.39, 0.29) is 0 Å². The second kappa shape index (κ2) is 7.54. The van der Waals surface area contributed by atoms with Crippen molar-refractivity contribution in [2.24, 2.45) is 0 Å². The number of fused-ring (bicyclic) bond motifs is 3. The van der Waals surface area contributed by atoms with Gasteiger partial charge < -0.3 is 19.1 Å². The van der Waals surface area contributed by atoms with Crippen molar-refractivity contribution in [1.29, 1.82) is 0 Å². The van der Waals surface area contributed by atoms with Gasteiger partial charge in [0.1, 0.15) is 31.9 Å². The Balaban J connectivity index is 1.54. The Morgan fingerprint density at radius 1 is 1.00 bits per heavy atom. The number of para-hydroxylation sites is 2. The van der Waals surface area contributed by atoms with E-state index < -0.39 is 0 Å². The number of quaternary nitrogens is 2. The van der Waals surface area contributed by atoms with Gasteiger partial charge in [-0.1, -0.05) is 12.1 Å². The number of hydrogen-bond acceptors (Lipinski definition) is 2. The Labute approximate surface area is 170 Å². The van der Waals surface area contributed by atoms with Crippen LogP contribution < -0.4 is 14.5 Å². The molecule has 0 bridgehead atoms. The number of rotatable bonds is 5. The molecule has 1 saturated heterocycles. The third kappa shape index (κ3) is 3.39. The fourth-order valence-electron chi connectivity index (χ4n) is 4.41. The van der Waals surface area contributed by atoms with E-state index in [1.54, 1.807) is 16.9 Å². The maximum atomic E-state index is 5.34. The number of benzene rings is 2. The van der Waals surface area contributed by atoms with Crippen molar-refractivity contribution < 1.29 is 14.5 Å². The summed E-state index contributed by atoms with van der Waals surface area (Å²) in [4.78, 5) is 8.30. The average molecular weight is 392 g/mol. The number of ether oxygens (including phenoxy) is 1. The molecule has 0 aliphatic carbocycles. The van der Waals surface area contributed by atoms with Crippen LogP contribution in [0.4, 0.5) is 0 Å². The topological polar surface area (TPSA) is 40.3 Å². The molecule has 0 unspecified atom stereocenters. The maximum Gasteiger partial charge on any atom is 0.215 e. The van der Waals surface area contributed by atoms with Gasteiger partial charge in [-0.2, -0.15) is 0 Å². The first-order valence-corrected chi connectivity index (χ1v) is 10.5. The van der Waals surface area contributed by atoms with Crippen molar-refractivity contribution in [3.05, 3.63) is 54.7 Å². The minimum absolute atomic E-state index is 0.881. The molecule has 6 heteroatoms. The summed E-state index contributed by atoms with van der Waals surface area (Å²) in [6.45, 7) is 7.11. The molecule has 150 valence electrons. The van der Waals surface area contributed by atoms with Crippen LogP contribution in [0.25, 0.3) is 28.1 Å². The standard InChI is InChI=1S/C23H27N5O/c1-25-11-13-26(14-12-25)15-16-27-22(18-7-9-19(29-2)10-8-18)17-28-21-6-4-3-5-20(21)24-23(27)28/h3-10,17H,11-16H2,1-2H3/p+2. The van der Waals surface area contributed by atoms with E-state index in [4.69, 9.17) is 9.72 Å². The van der Waals surface area contributed by atoms with Crippen LogP contribution in [0, 0.1) is 0 Å². The highest BCUT2D eigenvalue weighted by molar-refractivity contribution is 5.81. The van der Waals surface area contributed by atoms with Gasteiger partial charge in [0.05, 0.1) is 44.0 Å². The van der Waals surface area contributed by atoms with Crippen LogP contribution in [0.15, 0.2) is 54.7 Å². The minimum atomic E-state index is 0.881. The monoisotopic (exact) mass is 391 g/mol. The lowest BCUT2D eigenvalue weighted by atomic mass is 10.1. The highest BCUT2D eigenvalue weighted by Gasteiger charge is 2.21. The summed E-state index contributed by atoms with van der Waals surface area (Å²) in [5, 5.41) is 0. The first-order valence-electron chi connectivity index (χ1n) is 10.5. The molecule has 1 aliphatic heterocycles. The lowest BCUT2D eigenvalue weighted by Crippen LogP contribution is -3.27. The lowest BCUT2D eigenvalue weighted by Gasteiger charge is -2.27. The predicted octanol–water partition coefficient (Wildman–Crippen LogP) is 0.378. The number of piperazine rings is 1. The first-order chi connectivity index (χ1) is 14.2. The Morgan fingerprint density at radius 3 is 2.52 bits per heavy atom. The van der Waals surface area contributed by atoms with Crippen LogP contribution in [0.1, 0.15) is 0 Å². The molecule has 0 radical (unpaired) electrons. The van der Waals surface area contributed by atoms with Crippen molar-refractivity contribution in [3.63, 3.8) is 0 Å². The van der Waals surface area contributed by atoms with Gasteiger partial charge in [0.2, 0.25) is 5.78 Å². The zero-order valence-corrected chi connectivity index (χ0v) is 17.2. The summed E-state index contributed by atoms with van der Waals surface area (Å²) in [7, 11) is 4.00. The van der Waals surface area contributed by atoms with Gasteiger partial charge in [-0.3, -0.25) is 4.40 Å². The van der Waals surface area contributed by atoms with Crippen molar-refractivity contribution in [2.75, 3.05) is 46.9 Å². The summed E-state index contributed by atoms with van der Waals surface area (Å²) in [6, 6.07) is 16.7. The molecule has 0 atom stereocenters. The van der Waals surface area contributed by atoms with E-state index in [0.29, 0.717) is 0 Å². The van der Waals surface area contributed by atoms with Crippen LogP contribution in [-0.2, 0) is 6.54 Å². The molecule has 1 aliphatic rings. The predicted molar refractivity (Wildman–Crippen MR) is 115 cm³/mol. The summed E-state index contributed by atoms with van der Waals surface area (Å²) in [5.41, 5.74) is 4.61. The molecule has 0 amide bonds. The first kappa shape index (κ1) is 18.2. The second-order valence-electron chi connectivity index (χ2n) is 8.12. The van der Waals surface area contributed by atoms with Crippen molar-refractivity contribution in [1.82, 2.24) is 14.0 Å². The van der Waals surface area contributed by atoms with E-state index in [0.717, 1.165) is 35.7 Å². The quantitative estimate of drug-likeness (QED) is 0.516. The highest BCUT2D eigenvalue weighted by atomic mass is 16.5. The zero-order chi connectivity index (χ0) is 19.8. The fourth-order valence-corrected chi connectivity index (χ4v) is 4.41. The fraction of sp³-hybridized carbons (Fsp3) is 0.348. The van der Waals surface area contributed by atoms with Gasteiger partial charge in [0.15, 0.2) is 0 Å². The Bertz CT molecular complexity index is 1120. The van der Waals surface area contributed by atoms with Crippen LogP contribution >= 0.6 is 0 Å². The number of likely N-dealkylation sites (N-methyl/N-ethyl adjacent to an activating group) is 1. The van der Waals surface area contributed by atoms with Crippen molar-refractivity contribution in [3.8, 4) is 17.0 Å². The number of nitrogens with zero attached hydrogens (tertiary/aromatic N) is 3. The van der Waals surface area contributed by atoms with Gasteiger partial charge >= 0.3 is 0 Å². The molecule has 6 nitrogen and oxygen atoms in total. The number of nitrogens with one attached hydrogen (secondary N) is 2. The molecule has 2 N–H and O–H groups in total. The van der Waals surface area contributed by atoms with Crippen LogP contribution in [0.2, 0.25) is 0 Å². The molecule has 0 saturated carbocycles. The van der Waals surface area contributed by atoms with Crippen LogP contribution in [0.5, 0.6) is 5.75 Å². The molecule has 29 heavy (non-hydrogen) atoms. The van der Waals surface area contributed by atoms with Crippen molar-refractivity contribution in [2.45, 2.75) is 6.54 Å². The third-order valence-electron chi connectivity index (χ3n) is 6.25. The molecule has 0 spiro atoms. The van der Waals surface area contributed by atoms with E-state index in [2.05, 4.69) is 58.6 Å². The molecular weight excluding hydrogens is 362 g/mol. The highest BCUT2D eigenvalue weighted by Crippen LogP contribution is 2.27. The minimum Gasteiger partial charge on any atom is -0.497 e. The molecular formula is C23H29N5O+2. The number of aromatic nitrogens is 3. The second-order valence-corrected chi connectivity index (χ2v) is 8.12. The summed E-state index contributed by atoms with van der Waals surface area (Å²) < 4.78 is 9.97. The van der Waals surface area contributed by atoms with E-state index in [1.807, 2.05) is 12.1 Å². The lowest BCUT2D eigenvalue weighted by molar-refractivity contribution is -1.00. The van der Waals surface area contributed by atoms with Gasteiger partial charge in [-0.25, -0.2) is 4.98 Å².